The average Bonchev–Trinajstić information content (AvgIpc) is 3.58. The zero-order valence-corrected chi connectivity index (χ0v) is 20.2. The molecule has 1 aliphatic rings. The van der Waals surface area contributed by atoms with Crippen molar-refractivity contribution in [1.29, 1.82) is 5.26 Å². The number of nitrogens with one attached hydrogen (secondary N) is 2. The molecule has 1 fully saturated rings. The van der Waals surface area contributed by atoms with Crippen molar-refractivity contribution in [2.24, 2.45) is 0 Å². The quantitative estimate of drug-likeness (QED) is 0.406. The Balaban J connectivity index is 1.44. The van der Waals surface area contributed by atoms with Gasteiger partial charge in [0.2, 0.25) is 5.91 Å². The lowest BCUT2D eigenvalue weighted by Gasteiger charge is -2.19. The minimum Gasteiger partial charge on any atom is -0.361 e. The van der Waals surface area contributed by atoms with Crippen LogP contribution in [0.4, 0.5) is 11.4 Å². The Kier molecular flexibility index (Phi) is 5.82. The molecule has 1 amide bonds. The second-order valence-corrected chi connectivity index (χ2v) is 9.91. The first-order chi connectivity index (χ1) is 16.4. The number of likely N-dealkylation sites (tertiary alicyclic amines) is 1. The molecule has 1 saturated heterocycles. The summed E-state index contributed by atoms with van der Waals surface area (Å²) in [6, 6.07) is 10.8. The number of aromatic nitrogens is 2. The first-order valence-corrected chi connectivity index (χ1v) is 12.1. The summed E-state index contributed by atoms with van der Waals surface area (Å²) in [5, 5.41) is 15.2. The second-order valence-electron chi connectivity index (χ2n) is 8.85. The molecule has 1 aromatic carbocycles. The molecule has 0 spiro atoms. The molecule has 7 nitrogen and oxygen atoms in total. The van der Waals surface area contributed by atoms with E-state index in [0.29, 0.717) is 11.6 Å². The van der Waals surface area contributed by atoms with Crippen LogP contribution in [0.3, 0.4) is 0 Å². The third-order valence-corrected chi connectivity index (χ3v) is 7.57. The fourth-order valence-electron chi connectivity index (χ4n) is 4.49. The Hall–Kier alpha value is -3.67. The summed E-state index contributed by atoms with van der Waals surface area (Å²) < 4.78 is 0. The van der Waals surface area contributed by atoms with Crippen LogP contribution >= 0.6 is 11.3 Å². The van der Waals surface area contributed by atoms with Crippen LogP contribution in [0.25, 0.3) is 27.2 Å². The molecule has 0 bridgehead atoms. The number of aryl methyl sites for hydroxylation is 1. The summed E-state index contributed by atoms with van der Waals surface area (Å²) in [7, 11) is 4.11. The monoisotopic (exact) mass is 470 g/mol. The number of fused-ring (bicyclic) bond motifs is 2. The number of H-pyrrole nitrogens is 1. The van der Waals surface area contributed by atoms with E-state index in [2.05, 4.69) is 53.3 Å². The van der Waals surface area contributed by atoms with Crippen molar-refractivity contribution in [3.63, 3.8) is 0 Å². The summed E-state index contributed by atoms with van der Waals surface area (Å²) in [6.45, 7) is 3.61. The lowest BCUT2D eigenvalue weighted by Crippen LogP contribution is -2.33. The van der Waals surface area contributed by atoms with Crippen molar-refractivity contribution >= 4 is 55.8 Å². The summed E-state index contributed by atoms with van der Waals surface area (Å²) in [5.74, 6) is 0.0289. The number of carbonyl (C=O) groups excluding carboxylic acids is 1. The SMILES string of the molecule is Cc1c(Nc2c(C#N)cnc3sc(C=CC(=O)N4CC[C@@H](N(C)C)C4)cc23)ccc2[nH]ccc12. The predicted octanol–water partition coefficient (Wildman–Crippen LogP) is 4.88. The topological polar surface area (TPSA) is 88.0 Å². The Morgan fingerprint density at radius 3 is 2.97 bits per heavy atom. The first kappa shape index (κ1) is 22.1. The van der Waals surface area contributed by atoms with Gasteiger partial charge >= 0.3 is 0 Å². The molecule has 1 aliphatic heterocycles. The van der Waals surface area contributed by atoms with Crippen molar-refractivity contribution in [2.75, 3.05) is 32.5 Å². The van der Waals surface area contributed by atoms with Crippen molar-refractivity contribution in [3.8, 4) is 6.07 Å². The third-order valence-electron chi connectivity index (χ3n) is 6.56. The second kappa shape index (κ2) is 8.93. The van der Waals surface area contributed by atoms with Gasteiger partial charge in [-0.05, 0) is 63.3 Å². The van der Waals surface area contributed by atoms with Crippen molar-refractivity contribution in [2.45, 2.75) is 19.4 Å². The normalized spacial score (nSPS) is 16.2. The molecule has 172 valence electrons. The van der Waals surface area contributed by atoms with Crippen molar-refractivity contribution < 1.29 is 4.79 Å². The van der Waals surface area contributed by atoms with Gasteiger partial charge in [-0.25, -0.2) is 4.98 Å². The number of carbonyl (C=O) groups is 1. The highest BCUT2D eigenvalue weighted by Crippen LogP contribution is 2.36. The molecule has 0 aliphatic carbocycles. The number of hydrogen-bond acceptors (Lipinski definition) is 6. The molecule has 0 unspecified atom stereocenters. The third kappa shape index (κ3) is 4.04. The number of hydrogen-bond donors (Lipinski definition) is 2. The number of likely N-dealkylation sites (N-methyl/N-ethyl adjacent to an activating group) is 1. The average molecular weight is 471 g/mol. The van der Waals surface area contributed by atoms with Crippen LogP contribution in [0.1, 0.15) is 22.4 Å². The lowest BCUT2D eigenvalue weighted by molar-refractivity contribution is -0.125. The van der Waals surface area contributed by atoms with Gasteiger partial charge in [-0.15, -0.1) is 11.3 Å². The summed E-state index contributed by atoms with van der Waals surface area (Å²) in [6.07, 6.45) is 8.03. The first-order valence-electron chi connectivity index (χ1n) is 11.2. The Morgan fingerprint density at radius 1 is 1.35 bits per heavy atom. The van der Waals surface area contributed by atoms with E-state index in [1.807, 2.05) is 35.4 Å². The van der Waals surface area contributed by atoms with Crippen LogP contribution in [-0.2, 0) is 4.79 Å². The summed E-state index contributed by atoms with van der Waals surface area (Å²) in [4.78, 5) is 26.2. The number of pyridine rings is 1. The Bertz CT molecular complexity index is 1460. The highest BCUT2D eigenvalue weighted by atomic mass is 32.1. The molecule has 8 heteroatoms. The highest BCUT2D eigenvalue weighted by Gasteiger charge is 2.26. The van der Waals surface area contributed by atoms with E-state index < -0.39 is 0 Å². The van der Waals surface area contributed by atoms with E-state index >= 15 is 0 Å². The highest BCUT2D eigenvalue weighted by molar-refractivity contribution is 7.19. The largest absolute Gasteiger partial charge is 0.361 e. The molecule has 4 heterocycles. The van der Waals surface area contributed by atoms with Gasteiger partial charge in [0.1, 0.15) is 10.9 Å². The van der Waals surface area contributed by atoms with E-state index in [1.165, 1.54) is 11.3 Å². The van der Waals surface area contributed by atoms with E-state index in [4.69, 9.17) is 0 Å². The predicted molar refractivity (Wildman–Crippen MR) is 138 cm³/mol. The number of anilines is 2. The number of nitrogens with zero attached hydrogens (tertiary/aromatic N) is 4. The van der Waals surface area contributed by atoms with Crippen LogP contribution in [0.2, 0.25) is 0 Å². The fourth-order valence-corrected chi connectivity index (χ4v) is 5.40. The molecule has 2 N–H and O–H groups in total. The molecule has 0 saturated carbocycles. The van der Waals surface area contributed by atoms with Gasteiger partial charge in [-0.2, -0.15) is 5.26 Å². The molecule has 3 aromatic heterocycles. The Morgan fingerprint density at radius 2 is 2.21 bits per heavy atom. The number of nitriles is 1. The lowest BCUT2D eigenvalue weighted by atomic mass is 10.1. The van der Waals surface area contributed by atoms with Crippen LogP contribution in [0.5, 0.6) is 0 Å². The van der Waals surface area contributed by atoms with Gasteiger partial charge in [0, 0.05) is 64.5 Å². The van der Waals surface area contributed by atoms with Gasteiger partial charge in [-0.1, -0.05) is 0 Å². The number of benzene rings is 1. The van der Waals surface area contributed by atoms with Crippen LogP contribution in [0, 0.1) is 18.3 Å². The number of aromatic amines is 1. The smallest absolute Gasteiger partial charge is 0.246 e. The molecule has 0 radical (unpaired) electrons. The van der Waals surface area contributed by atoms with Gasteiger partial charge in [0.15, 0.2) is 0 Å². The van der Waals surface area contributed by atoms with Gasteiger partial charge in [0.25, 0.3) is 0 Å². The standard InChI is InChI=1S/C26H26N6OS/c1-16-20-8-10-28-23(20)6-5-22(16)30-25-17(13-27)14-29-26-21(25)12-19(34-26)4-7-24(33)32-11-9-18(15-32)31(2)3/h4-8,10,12,14,18,28H,9,11,15H2,1-3H3,(H,29,30)/t18-/m1/s1. The number of thiophene rings is 1. The minimum atomic E-state index is 0.0289. The Labute approximate surface area is 202 Å². The number of rotatable bonds is 5. The zero-order valence-electron chi connectivity index (χ0n) is 19.4. The van der Waals surface area contributed by atoms with Crippen LogP contribution < -0.4 is 5.32 Å². The molecule has 34 heavy (non-hydrogen) atoms. The van der Waals surface area contributed by atoms with E-state index in [-0.39, 0.29) is 5.91 Å². The van der Waals surface area contributed by atoms with Gasteiger partial charge < -0.3 is 20.1 Å². The van der Waals surface area contributed by atoms with Gasteiger partial charge in [0.05, 0.1) is 11.3 Å². The van der Waals surface area contributed by atoms with Crippen molar-refractivity contribution in [3.05, 3.63) is 58.7 Å². The maximum atomic E-state index is 12.7. The van der Waals surface area contributed by atoms with Crippen molar-refractivity contribution in [1.82, 2.24) is 19.8 Å². The number of amides is 1. The molecule has 1 atom stereocenters. The maximum absolute atomic E-state index is 12.7. The molecular formula is C26H26N6OS. The zero-order chi connectivity index (χ0) is 23.8. The summed E-state index contributed by atoms with van der Waals surface area (Å²) >= 11 is 1.51. The minimum absolute atomic E-state index is 0.0289. The van der Waals surface area contributed by atoms with Gasteiger partial charge in [-0.3, -0.25) is 4.79 Å². The van der Waals surface area contributed by atoms with E-state index in [0.717, 1.165) is 62.4 Å². The van der Waals surface area contributed by atoms with Crippen LogP contribution in [-0.4, -0.2) is 58.9 Å². The fraction of sp³-hybridized carbons (Fsp3) is 0.269. The molecule has 4 aromatic rings. The van der Waals surface area contributed by atoms with E-state index in [9.17, 15) is 10.1 Å². The molecule has 5 rings (SSSR count). The van der Waals surface area contributed by atoms with E-state index in [1.54, 1.807) is 12.3 Å². The molecular weight excluding hydrogens is 444 g/mol. The summed E-state index contributed by atoms with van der Waals surface area (Å²) in [5.41, 5.74) is 4.35. The van der Waals surface area contributed by atoms with Crippen LogP contribution in [0.15, 0.2) is 42.7 Å². The maximum Gasteiger partial charge on any atom is 0.246 e.